The number of aliphatic imine (C=N–C) groups is 1. The van der Waals surface area contributed by atoms with Gasteiger partial charge in [-0.3, -0.25) is 9.79 Å². The fraction of sp³-hybridized carbons (Fsp3) is 0.391. The predicted octanol–water partition coefficient (Wildman–Crippen LogP) is 3.64. The third kappa shape index (κ3) is 4.49. The largest absolute Gasteiger partial charge is 0.472 e. The minimum absolute atomic E-state index is 0.0159. The van der Waals surface area contributed by atoms with Gasteiger partial charge < -0.3 is 20.5 Å². The third-order valence-corrected chi connectivity index (χ3v) is 7.18. The molecule has 34 heavy (non-hydrogen) atoms. The van der Waals surface area contributed by atoms with Gasteiger partial charge in [0, 0.05) is 30.3 Å². The van der Waals surface area contributed by atoms with E-state index in [-0.39, 0.29) is 45.3 Å². The van der Waals surface area contributed by atoms with Gasteiger partial charge in [-0.05, 0) is 31.9 Å². The van der Waals surface area contributed by atoms with E-state index < -0.39 is 23.1 Å². The van der Waals surface area contributed by atoms with Crippen LogP contribution < -0.4 is 15.8 Å². The number of nitrogens with one attached hydrogen (secondary N) is 1. The van der Waals surface area contributed by atoms with Crippen LogP contribution in [0.2, 0.25) is 0 Å². The monoisotopic (exact) mass is 489 g/mol. The Bertz CT molecular complexity index is 1180. The minimum Gasteiger partial charge on any atom is -0.472 e. The van der Waals surface area contributed by atoms with Crippen LogP contribution in [0.15, 0.2) is 41.7 Å². The number of amidine groups is 1. The first-order chi connectivity index (χ1) is 16.1. The normalized spacial score (nSPS) is 25.2. The van der Waals surface area contributed by atoms with Crippen LogP contribution in [0.4, 0.5) is 14.5 Å². The molecule has 0 radical (unpaired) electrons. The molecule has 2 aliphatic rings. The second-order valence-electron chi connectivity index (χ2n) is 8.71. The number of ether oxygens (including phenoxy) is 2. The van der Waals surface area contributed by atoms with E-state index in [1.807, 2.05) is 0 Å². The number of nitrogens with zero attached hydrogens (tertiary/aromatic N) is 3. The quantitative estimate of drug-likeness (QED) is 0.545. The van der Waals surface area contributed by atoms with Crippen molar-refractivity contribution in [1.82, 2.24) is 9.97 Å². The highest BCUT2D eigenvalue weighted by molar-refractivity contribution is 8.15. The second kappa shape index (κ2) is 8.95. The van der Waals surface area contributed by atoms with Gasteiger partial charge in [0.05, 0.1) is 29.3 Å². The summed E-state index contributed by atoms with van der Waals surface area (Å²) in [7, 11) is 1.59. The molecule has 1 aromatic heterocycles. The molecule has 1 aromatic carbocycles. The second-order valence-corrected chi connectivity index (χ2v) is 10.1. The minimum atomic E-state index is -1.11. The number of hydrogen-bond acceptors (Lipinski definition) is 8. The van der Waals surface area contributed by atoms with Crippen molar-refractivity contribution in [1.29, 1.82) is 0 Å². The smallest absolute Gasteiger partial charge is 0.275 e. The summed E-state index contributed by atoms with van der Waals surface area (Å²) in [6.45, 7) is 7.94. The predicted molar refractivity (Wildman–Crippen MR) is 126 cm³/mol. The van der Waals surface area contributed by atoms with Crippen molar-refractivity contribution < 1.29 is 23.0 Å². The SMILES string of the molecule is C=C(C)COc1cnc(C(=O)Nc2cc(F)c(F)c([C@]3(C)N=C(N)S[C@@]4(COC)C[C@H]43)c2)cn1. The van der Waals surface area contributed by atoms with Crippen molar-refractivity contribution in [3.05, 3.63) is 59.6 Å². The van der Waals surface area contributed by atoms with Gasteiger partial charge >= 0.3 is 0 Å². The zero-order valence-electron chi connectivity index (χ0n) is 19.0. The van der Waals surface area contributed by atoms with Crippen LogP contribution >= 0.6 is 11.8 Å². The number of amides is 1. The van der Waals surface area contributed by atoms with Gasteiger partial charge in [-0.2, -0.15) is 0 Å². The summed E-state index contributed by atoms with van der Waals surface area (Å²) in [5.41, 5.74) is 5.82. The molecule has 0 saturated heterocycles. The van der Waals surface area contributed by atoms with Crippen molar-refractivity contribution in [3.8, 4) is 5.88 Å². The molecule has 8 nitrogen and oxygen atoms in total. The van der Waals surface area contributed by atoms with Crippen LogP contribution in [0.25, 0.3) is 0 Å². The average Bonchev–Trinajstić information content (AvgIpc) is 3.49. The molecule has 1 aliphatic heterocycles. The Morgan fingerprint density at radius 2 is 2.12 bits per heavy atom. The summed E-state index contributed by atoms with van der Waals surface area (Å²) >= 11 is 1.40. The van der Waals surface area contributed by atoms with Gasteiger partial charge in [0.25, 0.3) is 5.91 Å². The molecule has 1 amide bonds. The number of nitrogens with two attached hydrogens (primary N) is 1. The number of carbonyl (C=O) groups excluding carboxylic acids is 1. The van der Waals surface area contributed by atoms with Crippen LogP contribution in [0.1, 0.15) is 36.3 Å². The van der Waals surface area contributed by atoms with Crippen molar-refractivity contribution in [2.75, 3.05) is 25.6 Å². The molecule has 180 valence electrons. The van der Waals surface area contributed by atoms with Gasteiger partial charge in [-0.15, -0.1) is 0 Å². The molecule has 1 fully saturated rings. The molecule has 1 aliphatic carbocycles. The van der Waals surface area contributed by atoms with Crippen LogP contribution in [0.3, 0.4) is 0 Å². The lowest BCUT2D eigenvalue weighted by Gasteiger charge is -2.34. The Hall–Kier alpha value is -3.05. The molecule has 2 heterocycles. The molecule has 2 aromatic rings. The van der Waals surface area contributed by atoms with Crippen molar-refractivity contribution in [2.24, 2.45) is 16.6 Å². The fourth-order valence-corrected chi connectivity index (χ4v) is 5.71. The molecule has 3 N–H and O–H groups in total. The Morgan fingerprint density at radius 1 is 1.35 bits per heavy atom. The standard InChI is InChI=1S/C23H25F2N5O3S/c1-12(2)10-33-18-9-27-16(8-28-18)20(31)29-13-5-14(19(25)15(24)6-13)22(3)17-7-23(17,11-32-4)34-21(26)30-22/h5-6,8-9,17H,1,7,10-11H2,2-4H3,(H2,26,30)(H,29,31)/t17-,22-,23+/m0/s1. The van der Waals surface area contributed by atoms with Crippen LogP contribution in [0, 0.1) is 17.6 Å². The fourth-order valence-electron chi connectivity index (χ4n) is 4.26. The molecule has 1 saturated carbocycles. The van der Waals surface area contributed by atoms with Crippen LogP contribution in [-0.4, -0.2) is 46.1 Å². The highest BCUT2D eigenvalue weighted by atomic mass is 32.2. The van der Waals surface area contributed by atoms with Crippen LogP contribution in [-0.2, 0) is 10.3 Å². The van der Waals surface area contributed by atoms with Gasteiger partial charge in [0.1, 0.15) is 12.3 Å². The molecule has 11 heteroatoms. The number of thioether (sulfide) groups is 1. The van der Waals surface area contributed by atoms with E-state index in [1.54, 1.807) is 21.0 Å². The first-order valence-electron chi connectivity index (χ1n) is 10.5. The van der Waals surface area contributed by atoms with Gasteiger partial charge in [-0.1, -0.05) is 18.3 Å². The van der Waals surface area contributed by atoms with Crippen molar-refractivity contribution >= 4 is 28.5 Å². The maximum atomic E-state index is 15.0. The van der Waals surface area contributed by atoms with Crippen LogP contribution in [0.5, 0.6) is 5.88 Å². The summed E-state index contributed by atoms with van der Waals surface area (Å²) in [5, 5.41) is 2.84. The Kier molecular flexibility index (Phi) is 6.34. The first kappa shape index (κ1) is 24.1. The Balaban J connectivity index is 1.58. The number of aromatic nitrogens is 2. The zero-order valence-corrected chi connectivity index (χ0v) is 19.8. The highest BCUT2D eigenvalue weighted by Gasteiger charge is 2.66. The Morgan fingerprint density at radius 3 is 2.76 bits per heavy atom. The van der Waals surface area contributed by atoms with E-state index in [0.717, 1.165) is 11.6 Å². The van der Waals surface area contributed by atoms with Gasteiger partial charge in [0.2, 0.25) is 5.88 Å². The lowest BCUT2D eigenvalue weighted by atomic mass is 9.85. The van der Waals surface area contributed by atoms with Crippen molar-refractivity contribution in [2.45, 2.75) is 30.6 Å². The molecular weight excluding hydrogens is 464 g/mol. The lowest BCUT2D eigenvalue weighted by molar-refractivity contribution is 0.102. The molecular formula is C23H25F2N5O3S. The number of anilines is 1. The summed E-state index contributed by atoms with van der Waals surface area (Å²) in [6.07, 6.45) is 3.23. The number of benzene rings is 1. The Labute approximate surface area is 200 Å². The van der Waals surface area contributed by atoms with E-state index in [9.17, 15) is 13.6 Å². The van der Waals surface area contributed by atoms with Gasteiger partial charge in [-0.25, -0.2) is 18.7 Å². The van der Waals surface area contributed by atoms with Gasteiger partial charge in [0.15, 0.2) is 16.8 Å². The number of fused-ring (bicyclic) bond motifs is 1. The molecule has 0 unspecified atom stereocenters. The van der Waals surface area contributed by atoms with Crippen molar-refractivity contribution in [3.63, 3.8) is 0 Å². The zero-order chi connectivity index (χ0) is 24.7. The average molecular weight is 490 g/mol. The molecule has 3 atom stereocenters. The number of hydrogen-bond donors (Lipinski definition) is 2. The lowest BCUT2D eigenvalue weighted by Crippen LogP contribution is -2.38. The maximum Gasteiger partial charge on any atom is 0.275 e. The summed E-state index contributed by atoms with van der Waals surface area (Å²) < 4.78 is 40.0. The van der Waals surface area contributed by atoms with E-state index in [4.69, 9.17) is 15.2 Å². The van der Waals surface area contributed by atoms with E-state index in [1.165, 1.54) is 30.2 Å². The van der Waals surface area contributed by atoms with E-state index in [0.29, 0.717) is 13.0 Å². The molecule has 0 bridgehead atoms. The number of rotatable bonds is 8. The highest BCUT2D eigenvalue weighted by Crippen LogP contribution is 2.66. The number of halogens is 2. The number of carbonyl (C=O) groups is 1. The number of methoxy groups -OCH3 is 1. The molecule has 4 rings (SSSR count). The molecule has 0 spiro atoms. The van der Waals surface area contributed by atoms with E-state index >= 15 is 0 Å². The maximum absolute atomic E-state index is 15.0. The third-order valence-electron chi connectivity index (χ3n) is 5.90. The topological polar surface area (TPSA) is 112 Å². The first-order valence-corrected chi connectivity index (χ1v) is 11.3. The summed E-state index contributed by atoms with van der Waals surface area (Å²) in [6, 6.07) is 2.30. The summed E-state index contributed by atoms with van der Waals surface area (Å²) in [4.78, 5) is 25.2. The summed E-state index contributed by atoms with van der Waals surface area (Å²) in [5.74, 6) is -2.63. The van der Waals surface area contributed by atoms with E-state index in [2.05, 4.69) is 26.9 Å².